The zero-order valence-corrected chi connectivity index (χ0v) is 26.2. The molecule has 9 nitrogen and oxygen atoms in total. The Hall–Kier alpha value is -3.90. The molecule has 2 fully saturated rings. The Labute approximate surface area is 262 Å². The number of hydrogen-bond donors (Lipinski definition) is 2. The fraction of sp³-hybridized carbons (Fsp3) is 0.485. The van der Waals surface area contributed by atoms with Crippen molar-refractivity contribution >= 4 is 17.5 Å². The Bertz CT molecular complexity index is 1470. The molecular weight excluding hydrogens is 585 g/mol. The number of hydrogen-bond acceptors (Lipinski definition) is 8. The van der Waals surface area contributed by atoms with Crippen LogP contribution in [0.25, 0.3) is 11.3 Å². The van der Waals surface area contributed by atoms with E-state index in [-0.39, 0.29) is 18.3 Å². The predicted octanol–water partition coefficient (Wildman–Crippen LogP) is 5.74. The molecule has 0 aliphatic carbocycles. The summed E-state index contributed by atoms with van der Waals surface area (Å²) in [6.45, 7) is 12.0. The van der Waals surface area contributed by atoms with Crippen LogP contribution in [0.1, 0.15) is 45.4 Å². The van der Waals surface area contributed by atoms with E-state index in [4.69, 9.17) is 9.47 Å². The molecule has 45 heavy (non-hydrogen) atoms. The number of aromatic nitrogens is 2. The quantitative estimate of drug-likeness (QED) is 0.327. The van der Waals surface area contributed by atoms with E-state index >= 15 is 8.78 Å². The van der Waals surface area contributed by atoms with Crippen LogP contribution in [-0.4, -0.2) is 72.0 Å². The summed E-state index contributed by atoms with van der Waals surface area (Å²) < 4.78 is 56.2. The lowest BCUT2D eigenvalue weighted by molar-refractivity contribution is 0.0341. The van der Waals surface area contributed by atoms with Crippen LogP contribution >= 0.6 is 0 Å². The first-order chi connectivity index (χ1) is 21.4. The van der Waals surface area contributed by atoms with Crippen molar-refractivity contribution in [3.63, 3.8) is 0 Å². The van der Waals surface area contributed by atoms with Gasteiger partial charge in [-0.3, -0.25) is 9.88 Å². The van der Waals surface area contributed by atoms with E-state index in [2.05, 4.69) is 37.3 Å². The Morgan fingerprint density at radius 1 is 1.07 bits per heavy atom. The number of nitrogens with zero attached hydrogens (tertiary/aromatic N) is 4. The van der Waals surface area contributed by atoms with Crippen molar-refractivity contribution in [2.24, 2.45) is 5.92 Å². The Morgan fingerprint density at radius 2 is 1.80 bits per heavy atom. The summed E-state index contributed by atoms with van der Waals surface area (Å²) in [4.78, 5) is 25.2. The lowest BCUT2D eigenvalue weighted by Gasteiger charge is -2.39. The van der Waals surface area contributed by atoms with Crippen LogP contribution in [0.15, 0.2) is 42.7 Å². The monoisotopic (exact) mass is 626 g/mol. The van der Waals surface area contributed by atoms with Crippen molar-refractivity contribution < 1.29 is 27.4 Å². The second-order valence-corrected chi connectivity index (χ2v) is 12.8. The number of rotatable bonds is 8. The molecule has 0 bridgehead atoms. The Kier molecular flexibility index (Phi) is 10.1. The highest BCUT2D eigenvalue weighted by Gasteiger charge is 2.29. The smallest absolute Gasteiger partial charge is 0.407 e. The first-order valence-corrected chi connectivity index (χ1v) is 15.3. The number of carbonyl (C=O) groups excluding carboxylic acids is 1. The fourth-order valence-corrected chi connectivity index (χ4v) is 5.83. The number of carbonyl (C=O) groups is 1. The molecule has 242 valence electrons. The minimum atomic E-state index is -0.863. The number of benzene rings is 1. The van der Waals surface area contributed by atoms with Gasteiger partial charge >= 0.3 is 6.09 Å². The first-order valence-electron chi connectivity index (χ1n) is 15.3. The molecule has 4 heterocycles. The normalized spacial score (nSPS) is 19.3. The van der Waals surface area contributed by atoms with Crippen LogP contribution in [0.5, 0.6) is 0 Å². The number of morpholine rings is 1. The van der Waals surface area contributed by atoms with E-state index in [1.54, 1.807) is 12.4 Å². The van der Waals surface area contributed by atoms with Crippen molar-refractivity contribution in [3.05, 3.63) is 71.4 Å². The standard InChI is InChI=1S/C33H41F3N6O3/c1-21-13-24(40-32(43)45-33(2,3)4)20-42(18-21)29-7-8-37-17-28(29)38-16-23-5-6-25(34)31(39-23)30-26(35)14-22(15-27(30)36)19-41-9-11-44-12-10-41/h5-8,14-15,17,21,24,38H,9-13,16,18-20H2,1-4H3,(H,40,43)/t21-,24+/m1/s1. The molecule has 0 radical (unpaired) electrons. The van der Waals surface area contributed by atoms with Gasteiger partial charge in [-0.2, -0.15) is 0 Å². The average Bonchev–Trinajstić information content (AvgIpc) is 2.96. The molecule has 12 heteroatoms. The number of amides is 1. The topological polar surface area (TPSA) is 91.8 Å². The van der Waals surface area contributed by atoms with Gasteiger partial charge in [0, 0.05) is 45.0 Å². The van der Waals surface area contributed by atoms with Crippen LogP contribution in [0.2, 0.25) is 0 Å². The first kappa shape index (κ1) is 32.5. The van der Waals surface area contributed by atoms with Crippen LogP contribution < -0.4 is 15.5 Å². The number of pyridine rings is 2. The van der Waals surface area contributed by atoms with Crippen molar-refractivity contribution in [3.8, 4) is 11.3 Å². The third-order valence-electron chi connectivity index (χ3n) is 7.73. The number of halogens is 3. The van der Waals surface area contributed by atoms with E-state index in [9.17, 15) is 9.18 Å². The van der Waals surface area contributed by atoms with E-state index in [0.717, 1.165) is 18.7 Å². The van der Waals surface area contributed by atoms with Gasteiger partial charge in [-0.05, 0) is 69.0 Å². The van der Waals surface area contributed by atoms with Crippen molar-refractivity contribution in [2.75, 3.05) is 49.6 Å². The maximum Gasteiger partial charge on any atom is 0.407 e. The molecule has 2 aromatic heterocycles. The molecular formula is C33H41F3N6O3. The number of piperidine rings is 1. The molecule has 2 aliphatic heterocycles. The molecule has 2 N–H and O–H groups in total. The van der Waals surface area contributed by atoms with Crippen molar-refractivity contribution in [2.45, 2.75) is 58.8 Å². The molecule has 2 aliphatic rings. The molecule has 3 aromatic rings. The third-order valence-corrected chi connectivity index (χ3v) is 7.73. The highest BCUT2D eigenvalue weighted by Crippen LogP contribution is 2.31. The molecule has 1 aromatic carbocycles. The van der Waals surface area contributed by atoms with Gasteiger partial charge in [0.15, 0.2) is 0 Å². The summed E-state index contributed by atoms with van der Waals surface area (Å²) in [6.07, 6.45) is 3.74. The maximum absolute atomic E-state index is 15.2. The zero-order chi connectivity index (χ0) is 32.1. The van der Waals surface area contributed by atoms with Crippen LogP contribution in [0, 0.1) is 23.4 Å². The number of alkyl carbamates (subject to hydrolysis) is 1. The second kappa shape index (κ2) is 14.0. The van der Waals surface area contributed by atoms with Gasteiger partial charge in [0.25, 0.3) is 0 Å². The summed E-state index contributed by atoms with van der Waals surface area (Å²) >= 11 is 0. The Balaban J connectivity index is 1.29. The molecule has 0 spiro atoms. The number of nitrogens with one attached hydrogen (secondary N) is 2. The maximum atomic E-state index is 15.2. The molecule has 5 rings (SSSR count). The van der Waals surface area contributed by atoms with Gasteiger partial charge in [-0.1, -0.05) is 6.92 Å². The largest absolute Gasteiger partial charge is 0.444 e. The van der Waals surface area contributed by atoms with Gasteiger partial charge < -0.3 is 25.0 Å². The van der Waals surface area contributed by atoms with Gasteiger partial charge in [-0.15, -0.1) is 0 Å². The highest BCUT2D eigenvalue weighted by molar-refractivity contribution is 5.71. The minimum absolute atomic E-state index is 0.115. The summed E-state index contributed by atoms with van der Waals surface area (Å²) in [7, 11) is 0. The third kappa shape index (κ3) is 8.64. The van der Waals surface area contributed by atoms with Gasteiger partial charge in [0.05, 0.1) is 48.6 Å². The zero-order valence-electron chi connectivity index (χ0n) is 26.2. The molecule has 0 unspecified atom stereocenters. The fourth-order valence-electron chi connectivity index (χ4n) is 5.83. The summed E-state index contributed by atoms with van der Waals surface area (Å²) in [5.41, 5.74) is 0.984. The lowest BCUT2D eigenvalue weighted by atomic mass is 9.95. The van der Waals surface area contributed by atoms with Crippen LogP contribution in [0.4, 0.5) is 29.3 Å². The van der Waals surface area contributed by atoms with Crippen LogP contribution in [0.3, 0.4) is 0 Å². The van der Waals surface area contributed by atoms with E-state index in [1.807, 2.05) is 26.8 Å². The second-order valence-electron chi connectivity index (χ2n) is 12.8. The average molecular weight is 627 g/mol. The minimum Gasteiger partial charge on any atom is -0.444 e. The summed E-state index contributed by atoms with van der Waals surface area (Å²) in [5.74, 6) is -2.24. The van der Waals surface area contributed by atoms with E-state index in [1.165, 1.54) is 24.3 Å². The van der Waals surface area contributed by atoms with E-state index < -0.39 is 34.7 Å². The molecule has 2 saturated heterocycles. The lowest BCUT2D eigenvalue weighted by Crippen LogP contribution is -2.51. The molecule has 0 saturated carbocycles. The molecule has 2 atom stereocenters. The van der Waals surface area contributed by atoms with Gasteiger partial charge in [0.2, 0.25) is 0 Å². The Morgan fingerprint density at radius 3 is 2.51 bits per heavy atom. The van der Waals surface area contributed by atoms with Crippen molar-refractivity contribution in [1.82, 2.24) is 20.2 Å². The number of ether oxygens (including phenoxy) is 2. The molecule has 1 amide bonds. The summed E-state index contributed by atoms with van der Waals surface area (Å²) in [5, 5.41) is 6.30. The highest BCUT2D eigenvalue weighted by atomic mass is 19.1. The van der Waals surface area contributed by atoms with Crippen LogP contribution in [-0.2, 0) is 22.6 Å². The SMILES string of the molecule is C[C@@H]1C[C@H](NC(=O)OC(C)(C)C)CN(c2ccncc2NCc2ccc(F)c(-c3c(F)cc(CN4CCOCC4)cc3F)n2)C1. The van der Waals surface area contributed by atoms with Gasteiger partial charge in [0.1, 0.15) is 28.7 Å². The summed E-state index contributed by atoms with van der Waals surface area (Å²) in [6, 6.07) is 6.91. The predicted molar refractivity (Wildman–Crippen MR) is 166 cm³/mol. The van der Waals surface area contributed by atoms with E-state index in [0.29, 0.717) is 62.3 Å². The van der Waals surface area contributed by atoms with Gasteiger partial charge in [-0.25, -0.2) is 22.9 Å². The van der Waals surface area contributed by atoms with Crippen molar-refractivity contribution in [1.29, 1.82) is 0 Å². The number of anilines is 2.